The Morgan fingerprint density at radius 2 is 1.55 bits per heavy atom. The van der Waals surface area contributed by atoms with E-state index in [1.165, 1.54) is 6.07 Å². The molecule has 0 aliphatic carbocycles. The molecule has 0 aliphatic heterocycles. The van der Waals surface area contributed by atoms with E-state index in [-0.39, 0.29) is 17.9 Å². The maximum atomic E-state index is 13.2. The minimum atomic E-state index is -0.204. The first kappa shape index (κ1) is 14.5. The number of halogens is 1. The van der Waals surface area contributed by atoms with Gasteiger partial charge in [0.2, 0.25) is 0 Å². The molecule has 1 unspecified atom stereocenters. The van der Waals surface area contributed by atoms with Gasteiger partial charge in [-0.05, 0) is 49.2 Å². The van der Waals surface area contributed by atoms with Gasteiger partial charge >= 0.3 is 0 Å². The van der Waals surface area contributed by atoms with Crippen molar-refractivity contribution in [3.63, 3.8) is 0 Å². The first-order valence-electron chi connectivity index (χ1n) is 6.75. The highest BCUT2D eigenvalue weighted by atomic mass is 19.1. The Kier molecular flexibility index (Phi) is 4.74. The normalized spacial score (nSPS) is 13.8. The van der Waals surface area contributed by atoms with Crippen LogP contribution in [0, 0.1) is 5.82 Å². The molecule has 2 aromatic carbocycles. The fraction of sp³-hybridized carbons (Fsp3) is 0.294. The van der Waals surface area contributed by atoms with Crippen molar-refractivity contribution < 1.29 is 9.13 Å². The fourth-order valence-electron chi connectivity index (χ4n) is 2.25. The molecule has 2 atom stereocenters. The summed E-state index contributed by atoms with van der Waals surface area (Å²) in [6.07, 6.45) is 0. The molecule has 2 nitrogen and oxygen atoms in total. The second kappa shape index (κ2) is 6.53. The lowest BCUT2D eigenvalue weighted by Gasteiger charge is -2.21. The Bertz CT molecular complexity index is 570. The number of hydrogen-bond donors (Lipinski definition) is 1. The van der Waals surface area contributed by atoms with Crippen LogP contribution in [0.2, 0.25) is 0 Å². The first-order valence-corrected chi connectivity index (χ1v) is 6.75. The second-order valence-corrected chi connectivity index (χ2v) is 4.94. The number of methoxy groups -OCH3 is 1. The van der Waals surface area contributed by atoms with E-state index >= 15 is 0 Å². The van der Waals surface area contributed by atoms with Crippen molar-refractivity contribution in [1.82, 2.24) is 5.32 Å². The summed E-state index contributed by atoms with van der Waals surface area (Å²) >= 11 is 0. The molecular formula is C17H20FNO. The highest BCUT2D eigenvalue weighted by Crippen LogP contribution is 2.22. The Labute approximate surface area is 119 Å². The lowest BCUT2D eigenvalue weighted by Crippen LogP contribution is -2.22. The van der Waals surface area contributed by atoms with Gasteiger partial charge in [0.05, 0.1) is 7.11 Å². The summed E-state index contributed by atoms with van der Waals surface area (Å²) in [4.78, 5) is 0. The van der Waals surface area contributed by atoms with Crippen LogP contribution in [0.15, 0.2) is 48.5 Å². The van der Waals surface area contributed by atoms with Crippen molar-refractivity contribution >= 4 is 0 Å². The van der Waals surface area contributed by atoms with Crippen LogP contribution in [0.4, 0.5) is 4.39 Å². The average Bonchev–Trinajstić information content (AvgIpc) is 2.47. The van der Waals surface area contributed by atoms with Crippen LogP contribution < -0.4 is 10.1 Å². The molecule has 0 aromatic heterocycles. The molecule has 0 saturated heterocycles. The minimum absolute atomic E-state index is 0.0758. The summed E-state index contributed by atoms with van der Waals surface area (Å²) < 4.78 is 18.5. The zero-order valence-electron chi connectivity index (χ0n) is 12.1. The number of hydrogen-bond acceptors (Lipinski definition) is 2. The van der Waals surface area contributed by atoms with Gasteiger partial charge in [-0.15, -0.1) is 0 Å². The van der Waals surface area contributed by atoms with E-state index < -0.39 is 0 Å². The van der Waals surface area contributed by atoms with E-state index in [4.69, 9.17) is 4.74 Å². The molecule has 20 heavy (non-hydrogen) atoms. The summed E-state index contributed by atoms with van der Waals surface area (Å²) in [6.45, 7) is 4.12. The van der Waals surface area contributed by atoms with Gasteiger partial charge in [0.1, 0.15) is 11.6 Å². The fourth-order valence-corrected chi connectivity index (χ4v) is 2.25. The molecule has 0 aliphatic rings. The highest BCUT2D eigenvalue weighted by molar-refractivity contribution is 5.30. The van der Waals surface area contributed by atoms with E-state index in [0.29, 0.717) is 0 Å². The Morgan fingerprint density at radius 1 is 0.950 bits per heavy atom. The molecule has 0 saturated carbocycles. The third-order valence-corrected chi connectivity index (χ3v) is 3.44. The number of ether oxygens (including phenoxy) is 1. The molecular weight excluding hydrogens is 253 g/mol. The lowest BCUT2D eigenvalue weighted by molar-refractivity contribution is 0.412. The Hall–Kier alpha value is -1.87. The van der Waals surface area contributed by atoms with Gasteiger partial charge in [-0.3, -0.25) is 0 Å². The molecule has 106 valence electrons. The monoisotopic (exact) mass is 273 g/mol. The molecule has 0 heterocycles. The van der Waals surface area contributed by atoms with Gasteiger partial charge in [0.25, 0.3) is 0 Å². The van der Waals surface area contributed by atoms with Crippen molar-refractivity contribution in [3.05, 3.63) is 65.5 Å². The second-order valence-electron chi connectivity index (χ2n) is 4.94. The quantitative estimate of drug-likeness (QED) is 0.879. The van der Waals surface area contributed by atoms with Gasteiger partial charge in [-0.1, -0.05) is 24.3 Å². The van der Waals surface area contributed by atoms with Crippen LogP contribution in [0.3, 0.4) is 0 Å². The SMILES string of the molecule is COc1cccc([C@H](C)NC(C)c2cccc(F)c2)c1. The van der Waals surface area contributed by atoms with E-state index in [1.54, 1.807) is 19.2 Å². The highest BCUT2D eigenvalue weighted by Gasteiger charge is 2.12. The van der Waals surface area contributed by atoms with E-state index in [2.05, 4.69) is 18.3 Å². The van der Waals surface area contributed by atoms with E-state index in [0.717, 1.165) is 16.9 Å². The molecule has 1 N–H and O–H groups in total. The molecule has 0 amide bonds. The summed E-state index contributed by atoms with van der Waals surface area (Å²) in [6, 6.07) is 14.9. The zero-order valence-corrected chi connectivity index (χ0v) is 12.1. The smallest absolute Gasteiger partial charge is 0.123 e. The Morgan fingerprint density at radius 3 is 2.15 bits per heavy atom. The largest absolute Gasteiger partial charge is 0.497 e. The van der Waals surface area contributed by atoms with Crippen molar-refractivity contribution in [1.29, 1.82) is 0 Å². The number of rotatable bonds is 5. The molecule has 0 bridgehead atoms. The summed E-state index contributed by atoms with van der Waals surface area (Å²) in [5.74, 6) is 0.639. The zero-order chi connectivity index (χ0) is 14.5. The van der Waals surface area contributed by atoms with Crippen LogP contribution in [-0.2, 0) is 0 Å². The van der Waals surface area contributed by atoms with Crippen LogP contribution in [0.5, 0.6) is 5.75 Å². The van der Waals surface area contributed by atoms with E-state index in [1.807, 2.05) is 31.2 Å². The van der Waals surface area contributed by atoms with Gasteiger partial charge in [-0.2, -0.15) is 0 Å². The van der Waals surface area contributed by atoms with Gasteiger partial charge in [0, 0.05) is 12.1 Å². The average molecular weight is 273 g/mol. The lowest BCUT2D eigenvalue weighted by atomic mass is 10.0. The topological polar surface area (TPSA) is 21.3 Å². The van der Waals surface area contributed by atoms with Crippen molar-refractivity contribution in [3.8, 4) is 5.75 Å². The van der Waals surface area contributed by atoms with Gasteiger partial charge in [0.15, 0.2) is 0 Å². The van der Waals surface area contributed by atoms with Crippen LogP contribution >= 0.6 is 0 Å². The minimum Gasteiger partial charge on any atom is -0.497 e. The first-order chi connectivity index (χ1) is 9.60. The van der Waals surface area contributed by atoms with Crippen LogP contribution in [0.25, 0.3) is 0 Å². The van der Waals surface area contributed by atoms with Crippen molar-refractivity contribution in [2.24, 2.45) is 0 Å². The summed E-state index contributed by atoms with van der Waals surface area (Å²) in [5, 5.41) is 3.47. The van der Waals surface area contributed by atoms with Crippen molar-refractivity contribution in [2.75, 3.05) is 7.11 Å². The standard InChI is InChI=1S/C17H20FNO/c1-12(14-6-4-8-16(18)10-14)19-13(2)15-7-5-9-17(11-15)20-3/h4-13,19H,1-3H3/t12?,13-/m0/s1. The third kappa shape index (κ3) is 3.58. The predicted octanol–water partition coefficient (Wildman–Crippen LogP) is 4.25. The molecule has 0 radical (unpaired) electrons. The van der Waals surface area contributed by atoms with E-state index in [9.17, 15) is 4.39 Å². The molecule has 2 rings (SSSR count). The molecule has 2 aromatic rings. The Balaban J connectivity index is 2.08. The summed E-state index contributed by atoms with van der Waals surface area (Å²) in [7, 11) is 1.66. The number of nitrogens with one attached hydrogen (secondary N) is 1. The van der Waals surface area contributed by atoms with Crippen molar-refractivity contribution in [2.45, 2.75) is 25.9 Å². The van der Waals surface area contributed by atoms with Crippen LogP contribution in [0.1, 0.15) is 37.1 Å². The maximum Gasteiger partial charge on any atom is 0.123 e. The number of benzene rings is 2. The van der Waals surface area contributed by atoms with Crippen LogP contribution in [-0.4, -0.2) is 7.11 Å². The molecule has 0 spiro atoms. The molecule has 3 heteroatoms. The maximum absolute atomic E-state index is 13.2. The summed E-state index contributed by atoms with van der Waals surface area (Å²) in [5.41, 5.74) is 2.09. The predicted molar refractivity (Wildman–Crippen MR) is 79.4 cm³/mol. The van der Waals surface area contributed by atoms with Gasteiger partial charge in [-0.25, -0.2) is 4.39 Å². The van der Waals surface area contributed by atoms with Gasteiger partial charge < -0.3 is 10.1 Å². The molecule has 0 fully saturated rings. The third-order valence-electron chi connectivity index (χ3n) is 3.44.